The molecule has 1 aromatic heterocycles. The van der Waals surface area contributed by atoms with Crippen LogP contribution >= 0.6 is 11.6 Å². The molecule has 0 bridgehead atoms. The highest BCUT2D eigenvalue weighted by Crippen LogP contribution is 2.16. The van der Waals surface area contributed by atoms with Gasteiger partial charge in [-0.1, -0.05) is 11.6 Å². The molecular formula is C15H10ClN3O. The van der Waals surface area contributed by atoms with Gasteiger partial charge in [0.1, 0.15) is 11.5 Å². The molecule has 20 heavy (non-hydrogen) atoms. The van der Waals surface area contributed by atoms with E-state index >= 15 is 0 Å². The van der Waals surface area contributed by atoms with Crippen molar-refractivity contribution < 1.29 is 4.79 Å². The van der Waals surface area contributed by atoms with E-state index < -0.39 is 0 Å². The molecule has 1 N–H and O–H groups in total. The van der Waals surface area contributed by atoms with Crippen LogP contribution in [0.1, 0.15) is 11.1 Å². The maximum atomic E-state index is 11.9. The zero-order valence-electron chi connectivity index (χ0n) is 10.4. The molecule has 2 heterocycles. The molecule has 1 aliphatic heterocycles. The monoisotopic (exact) mass is 283 g/mol. The Balaban J connectivity index is 1.93. The van der Waals surface area contributed by atoms with Crippen molar-refractivity contribution in [3.8, 4) is 0 Å². The van der Waals surface area contributed by atoms with E-state index in [1.807, 2.05) is 24.3 Å². The van der Waals surface area contributed by atoms with Crippen LogP contribution in [0.15, 0.2) is 59.5 Å². The number of amides is 1. The van der Waals surface area contributed by atoms with E-state index in [1.165, 1.54) is 0 Å². The van der Waals surface area contributed by atoms with Crippen molar-refractivity contribution in [3.05, 3.63) is 70.6 Å². The molecule has 0 atom stereocenters. The van der Waals surface area contributed by atoms with Gasteiger partial charge in [0.2, 0.25) is 0 Å². The number of hydrogen-bond donors (Lipinski definition) is 1. The summed E-state index contributed by atoms with van der Waals surface area (Å²) in [6, 6.07) is 10.8. The van der Waals surface area contributed by atoms with Crippen LogP contribution in [0.5, 0.6) is 0 Å². The summed E-state index contributed by atoms with van der Waals surface area (Å²) in [7, 11) is 0. The number of nitrogens with one attached hydrogen (secondary N) is 1. The van der Waals surface area contributed by atoms with E-state index in [2.05, 4.69) is 15.3 Å². The number of nitrogens with zero attached hydrogens (tertiary/aromatic N) is 2. The van der Waals surface area contributed by atoms with Gasteiger partial charge in [0.15, 0.2) is 0 Å². The lowest BCUT2D eigenvalue weighted by molar-refractivity contribution is -0.115. The maximum absolute atomic E-state index is 11.9. The predicted octanol–water partition coefficient (Wildman–Crippen LogP) is 2.65. The van der Waals surface area contributed by atoms with Crippen LogP contribution in [0, 0.1) is 0 Å². The second kappa shape index (κ2) is 5.27. The normalized spacial score (nSPS) is 16.1. The average molecular weight is 284 g/mol. The van der Waals surface area contributed by atoms with Gasteiger partial charge in [-0.25, -0.2) is 4.99 Å². The number of pyridine rings is 1. The van der Waals surface area contributed by atoms with E-state index in [1.54, 1.807) is 30.6 Å². The molecule has 1 aliphatic rings. The van der Waals surface area contributed by atoms with Crippen molar-refractivity contribution in [3.63, 3.8) is 0 Å². The smallest absolute Gasteiger partial charge is 0.275 e. The Morgan fingerprint density at radius 2 is 1.75 bits per heavy atom. The average Bonchev–Trinajstić information content (AvgIpc) is 2.82. The summed E-state index contributed by atoms with van der Waals surface area (Å²) in [4.78, 5) is 20.1. The lowest BCUT2D eigenvalue weighted by Crippen LogP contribution is -2.24. The molecule has 0 saturated carbocycles. The first-order valence-corrected chi connectivity index (χ1v) is 6.38. The lowest BCUT2D eigenvalue weighted by Gasteiger charge is -1.99. The van der Waals surface area contributed by atoms with Gasteiger partial charge < -0.3 is 5.32 Å². The zero-order valence-corrected chi connectivity index (χ0v) is 11.1. The first-order chi connectivity index (χ1) is 9.72. The number of aromatic nitrogens is 1. The molecule has 2 aromatic rings. The molecule has 0 aliphatic carbocycles. The summed E-state index contributed by atoms with van der Waals surface area (Å²) >= 11 is 5.84. The zero-order chi connectivity index (χ0) is 13.9. The highest BCUT2D eigenvalue weighted by atomic mass is 35.5. The second-order valence-electron chi connectivity index (χ2n) is 4.23. The summed E-state index contributed by atoms with van der Waals surface area (Å²) in [6.45, 7) is 0. The molecule has 4 nitrogen and oxygen atoms in total. The first kappa shape index (κ1) is 12.6. The number of rotatable bonds is 2. The first-order valence-electron chi connectivity index (χ1n) is 6.00. The summed E-state index contributed by atoms with van der Waals surface area (Å²) in [5, 5.41) is 3.39. The van der Waals surface area contributed by atoms with Gasteiger partial charge in [0.25, 0.3) is 5.91 Å². The fraction of sp³-hybridized carbons (Fsp3) is 0. The molecule has 1 amide bonds. The van der Waals surface area contributed by atoms with E-state index in [4.69, 9.17) is 11.6 Å². The van der Waals surface area contributed by atoms with E-state index in [0.717, 1.165) is 11.1 Å². The number of benzene rings is 1. The predicted molar refractivity (Wildman–Crippen MR) is 78.3 cm³/mol. The number of carbonyl (C=O) groups excluding carboxylic acids is 1. The summed E-state index contributed by atoms with van der Waals surface area (Å²) < 4.78 is 0. The number of aliphatic imine (C=N–C) groups is 1. The van der Waals surface area contributed by atoms with Gasteiger partial charge in [-0.2, -0.15) is 0 Å². The van der Waals surface area contributed by atoms with Gasteiger partial charge in [0, 0.05) is 23.0 Å². The molecule has 0 fully saturated rings. The van der Waals surface area contributed by atoms with Gasteiger partial charge in [-0.15, -0.1) is 0 Å². The fourth-order valence-electron chi connectivity index (χ4n) is 1.83. The van der Waals surface area contributed by atoms with Crippen molar-refractivity contribution >= 4 is 29.4 Å². The summed E-state index contributed by atoms with van der Waals surface area (Å²) in [5.41, 5.74) is 2.08. The number of halogens is 1. The standard InChI is InChI=1S/C15H10ClN3O/c16-12-3-1-11(2-4-12)14-18-13(15(20)19-14)9-10-5-7-17-8-6-10/h1-9H,(H,18,19,20)/b13-9+. The Morgan fingerprint density at radius 1 is 1.05 bits per heavy atom. The van der Waals surface area contributed by atoms with Crippen LogP contribution in [0.25, 0.3) is 6.08 Å². The highest BCUT2D eigenvalue weighted by Gasteiger charge is 2.20. The largest absolute Gasteiger partial charge is 0.305 e. The van der Waals surface area contributed by atoms with Gasteiger partial charge in [-0.05, 0) is 48.0 Å². The van der Waals surface area contributed by atoms with Crippen molar-refractivity contribution in [2.45, 2.75) is 0 Å². The molecule has 5 heteroatoms. The third-order valence-electron chi connectivity index (χ3n) is 2.82. The number of hydrogen-bond acceptors (Lipinski definition) is 3. The minimum Gasteiger partial charge on any atom is -0.305 e. The molecular weight excluding hydrogens is 274 g/mol. The van der Waals surface area contributed by atoms with Crippen LogP contribution in [-0.4, -0.2) is 16.7 Å². The van der Waals surface area contributed by atoms with Crippen molar-refractivity contribution in [2.75, 3.05) is 0 Å². The van der Waals surface area contributed by atoms with E-state index in [9.17, 15) is 4.79 Å². The van der Waals surface area contributed by atoms with Crippen molar-refractivity contribution in [1.82, 2.24) is 10.3 Å². The molecule has 3 rings (SSSR count). The van der Waals surface area contributed by atoms with Gasteiger partial charge in [-0.3, -0.25) is 9.78 Å². The van der Waals surface area contributed by atoms with Crippen LogP contribution in [0.2, 0.25) is 5.02 Å². The number of carbonyl (C=O) groups is 1. The van der Waals surface area contributed by atoms with Crippen LogP contribution in [-0.2, 0) is 4.79 Å². The van der Waals surface area contributed by atoms with E-state index in [-0.39, 0.29) is 5.91 Å². The van der Waals surface area contributed by atoms with Gasteiger partial charge >= 0.3 is 0 Å². The maximum Gasteiger partial charge on any atom is 0.275 e. The Kier molecular flexibility index (Phi) is 3.31. The lowest BCUT2D eigenvalue weighted by atomic mass is 10.2. The topological polar surface area (TPSA) is 54.4 Å². The van der Waals surface area contributed by atoms with Crippen LogP contribution < -0.4 is 5.32 Å². The minimum atomic E-state index is -0.216. The number of amidine groups is 1. The Bertz CT molecular complexity index is 706. The molecule has 0 spiro atoms. The fourth-order valence-corrected chi connectivity index (χ4v) is 1.96. The van der Waals surface area contributed by atoms with Crippen molar-refractivity contribution in [2.24, 2.45) is 4.99 Å². The summed E-state index contributed by atoms with van der Waals surface area (Å²) in [5.74, 6) is 0.318. The Morgan fingerprint density at radius 3 is 2.45 bits per heavy atom. The minimum absolute atomic E-state index is 0.216. The highest BCUT2D eigenvalue weighted by molar-refractivity contribution is 6.30. The SMILES string of the molecule is O=C1NC(c2ccc(Cl)cc2)=N/C1=C/c1ccncc1. The Hall–Kier alpha value is -2.46. The van der Waals surface area contributed by atoms with E-state index in [0.29, 0.717) is 16.6 Å². The molecule has 0 saturated heterocycles. The molecule has 1 aromatic carbocycles. The second-order valence-corrected chi connectivity index (χ2v) is 4.67. The molecule has 0 unspecified atom stereocenters. The Labute approximate surface area is 120 Å². The molecule has 0 radical (unpaired) electrons. The molecule has 98 valence electrons. The third kappa shape index (κ3) is 2.60. The summed E-state index contributed by atoms with van der Waals surface area (Å²) in [6.07, 6.45) is 5.06. The third-order valence-corrected chi connectivity index (χ3v) is 3.08. The van der Waals surface area contributed by atoms with Gasteiger partial charge in [0.05, 0.1) is 0 Å². The van der Waals surface area contributed by atoms with Crippen molar-refractivity contribution in [1.29, 1.82) is 0 Å². The quantitative estimate of drug-likeness (QED) is 0.862. The van der Waals surface area contributed by atoms with Crippen LogP contribution in [0.4, 0.5) is 0 Å². The van der Waals surface area contributed by atoms with Crippen LogP contribution in [0.3, 0.4) is 0 Å².